The van der Waals surface area contributed by atoms with Gasteiger partial charge in [-0.1, -0.05) is 0 Å². The summed E-state index contributed by atoms with van der Waals surface area (Å²) in [6, 6.07) is 0. The Morgan fingerprint density at radius 1 is 1.43 bits per heavy atom. The lowest BCUT2D eigenvalue weighted by atomic mass is 10.4. The predicted molar refractivity (Wildman–Crippen MR) is 32.1 cm³/mol. The van der Waals surface area contributed by atoms with Gasteiger partial charge in [-0.05, 0) is 0 Å². The SMILES string of the molecule is O=C([O-])[C@H](CS(=O)(=O)[O-])OP(=O)([O-])[O-]. The molecule has 0 saturated heterocycles. The summed E-state index contributed by atoms with van der Waals surface area (Å²) in [6.45, 7) is 0. The van der Waals surface area contributed by atoms with Crippen molar-refractivity contribution in [3.63, 3.8) is 0 Å². The maximum Gasteiger partial charge on any atom is 0.115 e. The van der Waals surface area contributed by atoms with Gasteiger partial charge in [-0.2, -0.15) is 0 Å². The van der Waals surface area contributed by atoms with E-state index >= 15 is 0 Å². The van der Waals surface area contributed by atoms with Crippen LogP contribution in [0.5, 0.6) is 0 Å². The second-order valence-corrected chi connectivity index (χ2v) is 4.64. The zero-order chi connectivity index (χ0) is 11.6. The third kappa shape index (κ3) is 6.95. The Morgan fingerprint density at radius 2 is 1.86 bits per heavy atom. The van der Waals surface area contributed by atoms with E-state index in [4.69, 9.17) is 0 Å². The van der Waals surface area contributed by atoms with E-state index in [0.717, 1.165) is 0 Å². The molecule has 9 nitrogen and oxygen atoms in total. The summed E-state index contributed by atoms with van der Waals surface area (Å²) < 4.78 is 43.2. The number of phosphoric acid groups is 1. The molecule has 0 fully saturated rings. The molecule has 0 unspecified atom stereocenters. The monoisotopic (exact) mass is 246 g/mol. The first kappa shape index (κ1) is 13.5. The fraction of sp³-hybridized carbons (Fsp3) is 0.667. The van der Waals surface area contributed by atoms with Gasteiger partial charge >= 0.3 is 0 Å². The fourth-order valence-corrected chi connectivity index (χ4v) is 1.63. The number of hydrogen-bond acceptors (Lipinski definition) is 9. The molecule has 14 heavy (non-hydrogen) atoms. The van der Waals surface area contributed by atoms with Crippen molar-refractivity contribution in [3.05, 3.63) is 0 Å². The average molecular weight is 246 g/mol. The van der Waals surface area contributed by atoms with Gasteiger partial charge in [-0.3, -0.25) is 0 Å². The normalized spacial score (nSPS) is 15.1. The van der Waals surface area contributed by atoms with Crippen LogP contribution in [0.3, 0.4) is 0 Å². The van der Waals surface area contributed by atoms with Crippen molar-refractivity contribution >= 4 is 23.9 Å². The number of carboxylic acid groups (broad SMARTS) is 1. The molecule has 0 aromatic rings. The topological polar surface area (TPSA) is 170 Å². The van der Waals surface area contributed by atoms with Crippen LogP contribution < -0.4 is 14.9 Å². The van der Waals surface area contributed by atoms with Crippen LogP contribution in [0.4, 0.5) is 0 Å². The Hall–Kier alpha value is -0.510. The number of carbonyl (C=O) groups excluding carboxylic acids is 1. The van der Waals surface area contributed by atoms with Gasteiger partial charge in [-0.25, -0.2) is 8.42 Å². The summed E-state index contributed by atoms with van der Waals surface area (Å²) in [5, 5.41) is 10.0. The van der Waals surface area contributed by atoms with Gasteiger partial charge in [0.25, 0.3) is 0 Å². The van der Waals surface area contributed by atoms with E-state index in [1.165, 1.54) is 0 Å². The molecule has 0 rings (SSSR count). The summed E-state index contributed by atoms with van der Waals surface area (Å²) in [5.74, 6) is -3.97. The maximum absolute atomic E-state index is 10.0. The van der Waals surface area contributed by atoms with E-state index in [1.807, 2.05) is 0 Å². The minimum absolute atomic E-state index is 1.69. The molecule has 1 atom stereocenters. The van der Waals surface area contributed by atoms with Crippen LogP contribution in [0, 0.1) is 0 Å². The van der Waals surface area contributed by atoms with Crippen LogP contribution >= 0.6 is 7.82 Å². The first-order valence-corrected chi connectivity index (χ1v) is 5.90. The van der Waals surface area contributed by atoms with E-state index < -0.39 is 35.8 Å². The van der Waals surface area contributed by atoms with Gasteiger partial charge in [0.1, 0.15) is 6.10 Å². The van der Waals surface area contributed by atoms with Crippen molar-refractivity contribution in [3.8, 4) is 0 Å². The predicted octanol–water partition coefficient (Wildman–Crippen LogP) is -4.50. The largest absolute Gasteiger partial charge is 0.790 e. The molecule has 11 heteroatoms. The van der Waals surface area contributed by atoms with Crippen molar-refractivity contribution in [2.75, 3.05) is 5.75 Å². The third-order valence-corrected chi connectivity index (χ3v) is 2.10. The van der Waals surface area contributed by atoms with Gasteiger partial charge < -0.3 is 33.3 Å². The summed E-state index contributed by atoms with van der Waals surface area (Å²) in [5.41, 5.74) is 0. The van der Waals surface area contributed by atoms with Crippen LogP contribution in [-0.2, 0) is 24.0 Å². The molecular weight excluding hydrogens is 243 g/mol. The Morgan fingerprint density at radius 3 is 2.07 bits per heavy atom. The minimum Gasteiger partial charge on any atom is -0.790 e. The van der Waals surface area contributed by atoms with Gasteiger partial charge in [0, 0.05) is 0 Å². The van der Waals surface area contributed by atoms with E-state index in [2.05, 4.69) is 4.52 Å². The third-order valence-electron chi connectivity index (χ3n) is 0.875. The van der Waals surface area contributed by atoms with Crippen molar-refractivity contribution in [2.45, 2.75) is 6.10 Å². The lowest BCUT2D eigenvalue weighted by Gasteiger charge is -2.33. The van der Waals surface area contributed by atoms with Crippen LogP contribution in [0.2, 0.25) is 0 Å². The highest BCUT2D eigenvalue weighted by Crippen LogP contribution is 2.27. The smallest absolute Gasteiger partial charge is 0.115 e. The minimum atomic E-state index is -5.69. The standard InChI is InChI=1S/C3H7O9PS/c4-3(5)2(1-14(9,10)11)12-13(6,7)8/h2H,1H2,(H,4,5)(H2,6,7,8)(H,9,10,11)/p-4/t2-/m0/s1. The highest BCUT2D eigenvalue weighted by molar-refractivity contribution is 7.85. The molecule has 84 valence electrons. The van der Waals surface area contributed by atoms with Crippen molar-refractivity contribution in [2.24, 2.45) is 0 Å². The number of carboxylic acids is 1. The molecule has 0 aromatic heterocycles. The zero-order valence-corrected chi connectivity index (χ0v) is 8.03. The molecule has 0 spiro atoms. The summed E-state index contributed by atoms with van der Waals surface area (Å²) in [6.07, 6.45) is -2.61. The van der Waals surface area contributed by atoms with Crippen LogP contribution in [0.1, 0.15) is 0 Å². The van der Waals surface area contributed by atoms with Gasteiger partial charge in [0.05, 0.1) is 29.7 Å². The van der Waals surface area contributed by atoms with Crippen LogP contribution in [0.15, 0.2) is 0 Å². The maximum atomic E-state index is 10.0. The van der Waals surface area contributed by atoms with Crippen molar-refractivity contribution in [1.29, 1.82) is 0 Å². The Balaban J connectivity index is 4.65. The Bertz CT molecular complexity index is 350. The molecule has 0 amide bonds. The fourth-order valence-electron chi connectivity index (χ4n) is 0.483. The lowest BCUT2D eigenvalue weighted by molar-refractivity contribution is -0.352. The van der Waals surface area contributed by atoms with Crippen molar-refractivity contribution < 1.29 is 41.7 Å². The summed E-state index contributed by atoms with van der Waals surface area (Å²) >= 11 is 0. The lowest BCUT2D eigenvalue weighted by Crippen LogP contribution is -2.43. The second kappa shape index (κ2) is 4.34. The van der Waals surface area contributed by atoms with Gasteiger partial charge in [-0.15, -0.1) is 0 Å². The molecular formula is C3H3O9PS-4. The number of phosphoric ester groups is 1. The number of hydrogen-bond donors (Lipinski definition) is 0. The van der Waals surface area contributed by atoms with Gasteiger partial charge in [0.2, 0.25) is 0 Å². The first-order chi connectivity index (χ1) is 6.01. The van der Waals surface area contributed by atoms with Crippen molar-refractivity contribution in [1.82, 2.24) is 0 Å². The van der Waals surface area contributed by atoms with E-state index in [0.29, 0.717) is 0 Å². The summed E-state index contributed by atoms with van der Waals surface area (Å²) in [7, 11) is -10.7. The van der Waals surface area contributed by atoms with E-state index in [1.54, 1.807) is 0 Å². The highest BCUT2D eigenvalue weighted by Gasteiger charge is 2.15. The molecule has 0 N–H and O–H groups in total. The van der Waals surface area contributed by atoms with Gasteiger partial charge in [0.15, 0.2) is 0 Å². The average Bonchev–Trinajstić information content (AvgIpc) is 1.78. The highest BCUT2D eigenvalue weighted by atomic mass is 32.2. The molecule has 0 heterocycles. The zero-order valence-electron chi connectivity index (χ0n) is 6.31. The van der Waals surface area contributed by atoms with E-state index in [9.17, 15) is 37.2 Å². The van der Waals surface area contributed by atoms with Crippen LogP contribution in [0.25, 0.3) is 0 Å². The second-order valence-electron chi connectivity index (χ2n) is 2.08. The Kier molecular flexibility index (Phi) is 4.18. The molecule has 0 aliphatic heterocycles. The molecule has 0 aromatic carbocycles. The number of carbonyl (C=O) groups is 1. The number of aliphatic carboxylic acids is 1. The summed E-state index contributed by atoms with van der Waals surface area (Å²) in [4.78, 5) is 29.8. The molecule has 0 saturated carbocycles. The Labute approximate surface area is 78.3 Å². The molecule has 0 radical (unpaired) electrons. The number of rotatable bonds is 5. The molecule has 0 aliphatic carbocycles. The van der Waals surface area contributed by atoms with E-state index in [-0.39, 0.29) is 0 Å². The van der Waals surface area contributed by atoms with Crippen LogP contribution in [-0.4, -0.2) is 30.8 Å². The molecule has 0 aliphatic rings. The quantitative estimate of drug-likeness (QED) is 0.342. The first-order valence-electron chi connectivity index (χ1n) is 2.86. The molecule has 0 bridgehead atoms.